The van der Waals surface area contributed by atoms with Crippen molar-refractivity contribution < 1.29 is 9.59 Å². The average molecular weight is 541 g/mol. The Bertz CT molecular complexity index is 1170. The lowest BCUT2D eigenvalue weighted by molar-refractivity contribution is -0.113. The van der Waals surface area contributed by atoms with E-state index in [9.17, 15) is 9.59 Å². The summed E-state index contributed by atoms with van der Waals surface area (Å²) < 4.78 is 1.90. The van der Waals surface area contributed by atoms with Crippen LogP contribution in [0, 0.1) is 5.92 Å². The fraction of sp³-hybridized carbons (Fsp3) is 0.304. The molecule has 0 bridgehead atoms. The predicted octanol–water partition coefficient (Wildman–Crippen LogP) is 6.12. The van der Waals surface area contributed by atoms with Gasteiger partial charge in [0.25, 0.3) is 5.91 Å². The molecule has 1 aromatic heterocycles. The second-order valence-corrected chi connectivity index (χ2v) is 9.89. The fourth-order valence-electron chi connectivity index (χ4n) is 3.21. The number of nitrogens with zero attached hydrogens (tertiary/aromatic N) is 3. The summed E-state index contributed by atoms with van der Waals surface area (Å²) in [5.41, 5.74) is 0.950. The third-order valence-electron chi connectivity index (χ3n) is 4.95. The second-order valence-electron chi connectivity index (χ2n) is 7.73. The van der Waals surface area contributed by atoms with Crippen molar-refractivity contribution in [2.75, 3.05) is 11.1 Å². The third kappa shape index (κ3) is 6.44. The summed E-state index contributed by atoms with van der Waals surface area (Å²) >= 11 is 19.3. The lowest BCUT2D eigenvalue weighted by Gasteiger charge is -2.22. The van der Waals surface area contributed by atoms with Gasteiger partial charge in [-0.3, -0.25) is 9.59 Å². The van der Waals surface area contributed by atoms with E-state index < -0.39 is 0 Å². The maximum absolute atomic E-state index is 12.7. The van der Waals surface area contributed by atoms with Crippen LogP contribution in [0.5, 0.6) is 0 Å². The number of hydrogen-bond donors (Lipinski definition) is 2. The van der Waals surface area contributed by atoms with E-state index in [4.69, 9.17) is 34.8 Å². The molecular weight excluding hydrogens is 517 g/mol. The molecule has 0 spiro atoms. The van der Waals surface area contributed by atoms with Gasteiger partial charge in [0.2, 0.25) is 5.91 Å². The van der Waals surface area contributed by atoms with Crippen molar-refractivity contribution in [3.63, 3.8) is 0 Å². The number of benzene rings is 2. The smallest absolute Gasteiger partial charge is 0.251 e. The monoisotopic (exact) mass is 539 g/mol. The van der Waals surface area contributed by atoms with Crippen molar-refractivity contribution in [3.8, 4) is 0 Å². The number of halogens is 3. The molecule has 0 saturated carbocycles. The summed E-state index contributed by atoms with van der Waals surface area (Å²) in [6, 6.07) is 11.7. The molecule has 0 radical (unpaired) electrons. The number of aromatic nitrogens is 3. The summed E-state index contributed by atoms with van der Waals surface area (Å²) in [7, 11) is 0. The van der Waals surface area contributed by atoms with Crippen molar-refractivity contribution in [2.24, 2.45) is 5.92 Å². The van der Waals surface area contributed by atoms with Gasteiger partial charge in [-0.25, -0.2) is 0 Å². The molecule has 0 unspecified atom stereocenters. The molecule has 1 heterocycles. The van der Waals surface area contributed by atoms with E-state index in [0.29, 0.717) is 43.8 Å². The minimum absolute atomic E-state index is 0.0695. The average Bonchev–Trinajstić information content (AvgIpc) is 3.22. The highest BCUT2D eigenvalue weighted by Gasteiger charge is 2.26. The van der Waals surface area contributed by atoms with Crippen molar-refractivity contribution in [2.45, 2.75) is 38.5 Å². The molecule has 34 heavy (non-hydrogen) atoms. The number of amides is 2. The molecule has 2 amide bonds. The zero-order valence-corrected chi connectivity index (χ0v) is 21.9. The number of rotatable bonds is 9. The summed E-state index contributed by atoms with van der Waals surface area (Å²) in [4.78, 5) is 25.2. The Labute approximate surface area is 217 Å². The summed E-state index contributed by atoms with van der Waals surface area (Å²) in [5.74, 6) is 0.321. The first-order chi connectivity index (χ1) is 16.2. The minimum Gasteiger partial charge on any atom is -0.342 e. The van der Waals surface area contributed by atoms with Gasteiger partial charge in [-0.2, -0.15) is 0 Å². The predicted molar refractivity (Wildman–Crippen MR) is 138 cm³/mol. The molecule has 0 aliphatic carbocycles. The van der Waals surface area contributed by atoms with Gasteiger partial charge in [0.1, 0.15) is 0 Å². The van der Waals surface area contributed by atoms with E-state index in [-0.39, 0.29) is 29.5 Å². The first-order valence-corrected chi connectivity index (χ1v) is 12.7. The van der Waals surface area contributed by atoms with Crippen LogP contribution in [0.4, 0.5) is 5.69 Å². The first kappa shape index (κ1) is 26.3. The van der Waals surface area contributed by atoms with E-state index in [1.165, 1.54) is 23.9 Å². The topological polar surface area (TPSA) is 88.9 Å². The molecular formula is C23H24Cl3N5O2S. The fourth-order valence-corrected chi connectivity index (χ4v) is 4.62. The molecule has 0 saturated heterocycles. The van der Waals surface area contributed by atoms with Crippen molar-refractivity contribution >= 4 is 64.1 Å². The minimum atomic E-state index is -0.349. The van der Waals surface area contributed by atoms with Crippen LogP contribution < -0.4 is 10.6 Å². The van der Waals surface area contributed by atoms with Gasteiger partial charge in [0.05, 0.1) is 32.5 Å². The van der Waals surface area contributed by atoms with Gasteiger partial charge in [0.15, 0.2) is 11.0 Å². The Morgan fingerprint density at radius 1 is 1.03 bits per heavy atom. The molecule has 0 aliphatic heterocycles. The highest BCUT2D eigenvalue weighted by Crippen LogP contribution is 2.32. The van der Waals surface area contributed by atoms with Crippen LogP contribution in [0.2, 0.25) is 15.1 Å². The van der Waals surface area contributed by atoms with Gasteiger partial charge in [-0.15, -0.1) is 10.2 Å². The number of nitrogens with one attached hydrogen (secondary N) is 2. The van der Waals surface area contributed by atoms with E-state index in [1.54, 1.807) is 12.1 Å². The molecule has 7 nitrogen and oxygen atoms in total. The molecule has 3 rings (SSSR count). The van der Waals surface area contributed by atoms with Crippen LogP contribution in [-0.4, -0.2) is 32.3 Å². The van der Waals surface area contributed by atoms with E-state index in [1.807, 2.05) is 43.5 Å². The number of carbonyl (C=O) groups is 2. The molecule has 3 aromatic rings. The van der Waals surface area contributed by atoms with Gasteiger partial charge in [-0.1, -0.05) is 78.6 Å². The van der Waals surface area contributed by atoms with Crippen LogP contribution in [0.25, 0.3) is 0 Å². The SMILES string of the molecule is CCn1c(SCC(=O)Nc2cc(Cl)c(Cl)cc2Cl)nnc1[C@H](NC(=O)c1ccccc1)C(C)C. The Kier molecular flexibility index (Phi) is 9.24. The molecule has 0 fully saturated rings. The van der Waals surface area contributed by atoms with E-state index >= 15 is 0 Å². The number of carbonyl (C=O) groups excluding carboxylic acids is 2. The molecule has 0 aliphatic rings. The maximum atomic E-state index is 12.7. The van der Waals surface area contributed by atoms with Crippen LogP contribution in [0.3, 0.4) is 0 Å². The van der Waals surface area contributed by atoms with Crippen molar-refractivity contribution in [1.29, 1.82) is 0 Å². The quantitative estimate of drug-likeness (QED) is 0.252. The van der Waals surface area contributed by atoms with E-state index in [0.717, 1.165) is 0 Å². The Morgan fingerprint density at radius 2 is 1.71 bits per heavy atom. The third-order valence-corrected chi connectivity index (χ3v) is 6.95. The highest BCUT2D eigenvalue weighted by molar-refractivity contribution is 7.99. The lowest BCUT2D eigenvalue weighted by atomic mass is 10.0. The van der Waals surface area contributed by atoms with Crippen LogP contribution >= 0.6 is 46.6 Å². The number of hydrogen-bond acceptors (Lipinski definition) is 5. The van der Waals surface area contributed by atoms with Gasteiger partial charge >= 0.3 is 0 Å². The van der Waals surface area contributed by atoms with Gasteiger partial charge < -0.3 is 15.2 Å². The van der Waals surface area contributed by atoms with Gasteiger partial charge in [0, 0.05) is 12.1 Å². The Hall–Kier alpha value is -2.26. The van der Waals surface area contributed by atoms with Gasteiger partial charge in [-0.05, 0) is 37.1 Å². The summed E-state index contributed by atoms with van der Waals surface area (Å²) in [6.07, 6.45) is 0. The van der Waals surface area contributed by atoms with Crippen LogP contribution in [-0.2, 0) is 11.3 Å². The van der Waals surface area contributed by atoms with Crippen LogP contribution in [0.15, 0.2) is 47.6 Å². The summed E-state index contributed by atoms with van der Waals surface area (Å²) in [6.45, 7) is 6.55. The molecule has 180 valence electrons. The van der Waals surface area contributed by atoms with E-state index in [2.05, 4.69) is 20.8 Å². The second kappa shape index (κ2) is 11.9. The number of anilines is 1. The maximum Gasteiger partial charge on any atom is 0.251 e. The molecule has 2 aromatic carbocycles. The summed E-state index contributed by atoms with van der Waals surface area (Å²) in [5, 5.41) is 15.9. The largest absolute Gasteiger partial charge is 0.342 e. The van der Waals surface area contributed by atoms with Crippen molar-refractivity contribution in [1.82, 2.24) is 20.1 Å². The number of thioether (sulfide) groups is 1. The molecule has 1 atom stereocenters. The van der Waals surface area contributed by atoms with Crippen molar-refractivity contribution in [3.05, 3.63) is 68.9 Å². The highest BCUT2D eigenvalue weighted by atomic mass is 35.5. The first-order valence-electron chi connectivity index (χ1n) is 10.6. The zero-order chi connectivity index (χ0) is 24.8. The van der Waals surface area contributed by atoms with Crippen LogP contribution in [0.1, 0.15) is 43.0 Å². The Morgan fingerprint density at radius 3 is 2.35 bits per heavy atom. The zero-order valence-electron chi connectivity index (χ0n) is 18.8. The molecule has 11 heteroatoms. The lowest BCUT2D eigenvalue weighted by Crippen LogP contribution is -2.33. The normalized spacial score (nSPS) is 12.0. The Balaban J connectivity index is 1.71. The standard InChI is InChI=1S/C23H24Cl3N5O2S/c1-4-31-21(20(13(2)3)28-22(33)14-8-6-5-7-9-14)29-30-23(31)34-12-19(32)27-18-11-16(25)15(24)10-17(18)26/h5-11,13,20H,4,12H2,1-3H3,(H,27,32)(H,28,33)/t20-/m1/s1. The molecule has 2 N–H and O–H groups in total.